The zero-order chi connectivity index (χ0) is 17.4. The molecule has 0 aromatic heterocycles. The number of hydrogen-bond donors (Lipinski definition) is 1. The van der Waals surface area contributed by atoms with E-state index >= 15 is 0 Å². The minimum atomic E-state index is 0.175. The predicted molar refractivity (Wildman–Crippen MR) is 101 cm³/mol. The topological polar surface area (TPSA) is 44.8 Å². The number of carbonyl (C=O) groups excluding carboxylic acids is 1. The Balaban J connectivity index is 1.50. The van der Waals surface area contributed by atoms with Crippen LogP contribution < -0.4 is 5.32 Å². The number of nitrogens with zero attached hydrogens (tertiary/aromatic N) is 2. The molecule has 2 saturated heterocycles. The average molecular weight is 352 g/mol. The molecule has 5 heteroatoms. The number of likely N-dealkylation sites (tertiary alicyclic amines) is 1. The molecule has 2 heterocycles. The van der Waals surface area contributed by atoms with Crippen LogP contribution in [0.2, 0.25) is 0 Å². The van der Waals surface area contributed by atoms with Gasteiger partial charge in [0.1, 0.15) is 0 Å². The summed E-state index contributed by atoms with van der Waals surface area (Å²) in [6, 6.07) is 0. The van der Waals surface area contributed by atoms with Gasteiger partial charge < -0.3 is 10.1 Å². The monoisotopic (exact) mass is 351 g/mol. The Morgan fingerprint density at radius 3 is 2.12 bits per heavy atom. The molecule has 0 unspecified atom stereocenters. The van der Waals surface area contributed by atoms with Crippen LogP contribution in [-0.2, 0) is 9.53 Å². The molecule has 1 aliphatic carbocycles. The average Bonchev–Trinajstić information content (AvgIpc) is 2.64. The lowest BCUT2D eigenvalue weighted by molar-refractivity contribution is -0.123. The molecule has 0 spiro atoms. The van der Waals surface area contributed by atoms with Gasteiger partial charge in [0.05, 0.1) is 19.8 Å². The van der Waals surface area contributed by atoms with E-state index in [0.717, 1.165) is 45.9 Å². The van der Waals surface area contributed by atoms with Crippen molar-refractivity contribution in [1.29, 1.82) is 0 Å². The van der Waals surface area contributed by atoms with E-state index in [-0.39, 0.29) is 11.4 Å². The molecule has 2 aliphatic heterocycles. The van der Waals surface area contributed by atoms with Crippen LogP contribution >= 0.6 is 0 Å². The van der Waals surface area contributed by atoms with Gasteiger partial charge in [-0.05, 0) is 38.8 Å². The lowest BCUT2D eigenvalue weighted by atomic mass is 9.79. The van der Waals surface area contributed by atoms with Crippen molar-refractivity contribution in [3.05, 3.63) is 0 Å². The molecule has 3 fully saturated rings. The van der Waals surface area contributed by atoms with E-state index in [2.05, 4.69) is 15.1 Å². The molecule has 0 atom stereocenters. The molecule has 1 amide bonds. The highest BCUT2D eigenvalue weighted by molar-refractivity contribution is 5.78. The first-order chi connectivity index (χ1) is 12.3. The third kappa shape index (κ3) is 5.66. The first-order valence-corrected chi connectivity index (χ1v) is 10.6. The summed E-state index contributed by atoms with van der Waals surface area (Å²) in [5, 5.41) is 3.31. The summed E-state index contributed by atoms with van der Waals surface area (Å²) in [5.41, 5.74) is 0.175. The Morgan fingerprint density at radius 1 is 0.840 bits per heavy atom. The number of nitrogens with one attached hydrogen (secondary N) is 1. The number of morpholine rings is 1. The van der Waals surface area contributed by atoms with Gasteiger partial charge in [-0.25, -0.2) is 0 Å². The van der Waals surface area contributed by atoms with E-state index in [9.17, 15) is 4.79 Å². The van der Waals surface area contributed by atoms with Crippen molar-refractivity contribution < 1.29 is 9.53 Å². The van der Waals surface area contributed by atoms with Crippen LogP contribution in [0, 0.1) is 0 Å². The third-order valence-corrected chi connectivity index (χ3v) is 6.40. The van der Waals surface area contributed by atoms with Gasteiger partial charge in [0.2, 0.25) is 5.91 Å². The van der Waals surface area contributed by atoms with Crippen LogP contribution in [0.5, 0.6) is 0 Å². The molecule has 1 saturated carbocycles. The summed E-state index contributed by atoms with van der Waals surface area (Å²) in [6.07, 6.45) is 12.8. The quantitative estimate of drug-likeness (QED) is 0.826. The highest BCUT2D eigenvalue weighted by Gasteiger charge is 2.38. The highest BCUT2D eigenvalue weighted by Crippen LogP contribution is 2.33. The van der Waals surface area contributed by atoms with Crippen molar-refractivity contribution in [3.63, 3.8) is 0 Å². The number of amides is 1. The fourth-order valence-corrected chi connectivity index (χ4v) is 4.85. The molecule has 3 aliphatic rings. The Morgan fingerprint density at radius 2 is 1.44 bits per heavy atom. The summed E-state index contributed by atoms with van der Waals surface area (Å²) in [6.45, 7) is 7.28. The molecule has 5 nitrogen and oxygen atoms in total. The molecule has 0 radical (unpaired) electrons. The lowest BCUT2D eigenvalue weighted by Gasteiger charge is -2.48. The van der Waals surface area contributed by atoms with Gasteiger partial charge in [0.25, 0.3) is 0 Å². The van der Waals surface area contributed by atoms with Crippen LogP contribution in [0.25, 0.3) is 0 Å². The Labute approximate surface area is 153 Å². The third-order valence-electron chi connectivity index (χ3n) is 6.40. The van der Waals surface area contributed by atoms with Gasteiger partial charge in [0.15, 0.2) is 0 Å². The van der Waals surface area contributed by atoms with Crippen molar-refractivity contribution in [2.75, 3.05) is 52.5 Å². The maximum absolute atomic E-state index is 12.6. The largest absolute Gasteiger partial charge is 0.379 e. The van der Waals surface area contributed by atoms with Crippen LogP contribution in [0.1, 0.15) is 64.2 Å². The summed E-state index contributed by atoms with van der Waals surface area (Å²) < 4.78 is 5.55. The minimum absolute atomic E-state index is 0.175. The molecular formula is C20H37N3O2. The second-order valence-corrected chi connectivity index (χ2v) is 8.21. The number of rotatable bonds is 5. The van der Waals surface area contributed by atoms with Crippen molar-refractivity contribution in [2.24, 2.45) is 0 Å². The Kier molecular flexibility index (Phi) is 7.56. The van der Waals surface area contributed by atoms with E-state index in [1.165, 1.54) is 64.2 Å². The summed E-state index contributed by atoms with van der Waals surface area (Å²) in [4.78, 5) is 17.5. The second-order valence-electron chi connectivity index (χ2n) is 8.21. The van der Waals surface area contributed by atoms with E-state index < -0.39 is 0 Å². The molecule has 25 heavy (non-hydrogen) atoms. The number of hydrogen-bond acceptors (Lipinski definition) is 4. The maximum atomic E-state index is 12.6. The van der Waals surface area contributed by atoms with Crippen molar-refractivity contribution >= 4 is 5.91 Å². The van der Waals surface area contributed by atoms with Crippen LogP contribution in [0.4, 0.5) is 0 Å². The normalized spacial score (nSPS) is 26.6. The smallest absolute Gasteiger partial charge is 0.234 e. The molecule has 144 valence electrons. The molecule has 0 bridgehead atoms. The van der Waals surface area contributed by atoms with Crippen molar-refractivity contribution in [3.8, 4) is 0 Å². The molecule has 3 rings (SSSR count). The maximum Gasteiger partial charge on any atom is 0.234 e. The standard InChI is InChI=1S/C20H37N3O2/c24-19(17-22-11-7-2-1-3-8-12-22)21-18-20(9-5-4-6-10-20)23-13-15-25-16-14-23/h1-18H2,(H,21,24). The molecule has 0 aromatic rings. The molecular weight excluding hydrogens is 314 g/mol. The Hall–Kier alpha value is -0.650. The number of ether oxygens (including phenoxy) is 1. The first-order valence-electron chi connectivity index (χ1n) is 10.6. The number of carbonyl (C=O) groups is 1. The van der Waals surface area contributed by atoms with Crippen LogP contribution in [-0.4, -0.2) is 73.7 Å². The van der Waals surface area contributed by atoms with E-state index in [1.807, 2.05) is 0 Å². The van der Waals surface area contributed by atoms with Gasteiger partial charge in [-0.1, -0.05) is 38.5 Å². The van der Waals surface area contributed by atoms with Gasteiger partial charge in [-0.15, -0.1) is 0 Å². The summed E-state index contributed by atoms with van der Waals surface area (Å²) in [7, 11) is 0. The van der Waals surface area contributed by atoms with E-state index in [4.69, 9.17) is 4.74 Å². The first kappa shape index (κ1) is 19.1. The fourth-order valence-electron chi connectivity index (χ4n) is 4.85. The van der Waals surface area contributed by atoms with Gasteiger partial charge >= 0.3 is 0 Å². The zero-order valence-electron chi connectivity index (χ0n) is 15.9. The van der Waals surface area contributed by atoms with E-state index in [1.54, 1.807) is 0 Å². The Bertz CT molecular complexity index is 396. The van der Waals surface area contributed by atoms with Gasteiger partial charge in [-0.3, -0.25) is 14.6 Å². The summed E-state index contributed by atoms with van der Waals surface area (Å²) >= 11 is 0. The zero-order valence-corrected chi connectivity index (χ0v) is 15.9. The fraction of sp³-hybridized carbons (Fsp3) is 0.950. The van der Waals surface area contributed by atoms with Gasteiger partial charge in [0, 0.05) is 25.2 Å². The summed E-state index contributed by atoms with van der Waals surface area (Å²) in [5.74, 6) is 0.221. The van der Waals surface area contributed by atoms with Crippen LogP contribution in [0.3, 0.4) is 0 Å². The molecule has 1 N–H and O–H groups in total. The highest BCUT2D eigenvalue weighted by atomic mass is 16.5. The SMILES string of the molecule is O=C(CN1CCCCCCC1)NCC1(N2CCOCC2)CCCCC1. The van der Waals surface area contributed by atoms with Crippen molar-refractivity contribution in [2.45, 2.75) is 69.7 Å². The predicted octanol–water partition coefficient (Wildman–Crippen LogP) is 2.40. The van der Waals surface area contributed by atoms with Crippen molar-refractivity contribution in [1.82, 2.24) is 15.1 Å². The second kappa shape index (κ2) is 9.89. The van der Waals surface area contributed by atoms with Crippen LogP contribution in [0.15, 0.2) is 0 Å². The van der Waals surface area contributed by atoms with Gasteiger partial charge in [-0.2, -0.15) is 0 Å². The van der Waals surface area contributed by atoms with E-state index in [0.29, 0.717) is 6.54 Å². The molecule has 0 aromatic carbocycles. The lowest BCUT2D eigenvalue weighted by Crippen LogP contribution is -2.60. The minimum Gasteiger partial charge on any atom is -0.379 e.